The third-order valence-corrected chi connectivity index (χ3v) is 7.70. The predicted octanol–water partition coefficient (Wildman–Crippen LogP) is 9.33. The smallest absolute Gasteiger partial charge is 0.369 e. The van der Waals surface area contributed by atoms with E-state index in [1.165, 1.54) is 56.4 Å². The van der Waals surface area contributed by atoms with Crippen LogP contribution in [0.15, 0.2) is 66.9 Å². The molecule has 0 spiro atoms. The van der Waals surface area contributed by atoms with Crippen LogP contribution >= 0.6 is 0 Å². The van der Waals surface area contributed by atoms with Crippen molar-refractivity contribution in [2.75, 3.05) is 25.0 Å². The third kappa shape index (κ3) is 9.75. The van der Waals surface area contributed by atoms with Crippen molar-refractivity contribution in [1.29, 1.82) is 0 Å². The molecule has 0 amide bonds. The van der Waals surface area contributed by atoms with Gasteiger partial charge in [-0.05, 0) is 62.2 Å². The van der Waals surface area contributed by atoms with E-state index in [9.17, 15) is 13.2 Å². The van der Waals surface area contributed by atoms with E-state index in [1.807, 2.05) is 18.2 Å². The van der Waals surface area contributed by atoms with Crippen LogP contribution in [0.1, 0.15) is 82.2 Å². The fourth-order valence-corrected chi connectivity index (χ4v) is 5.36. The Balaban J connectivity index is 1.66. The van der Waals surface area contributed by atoms with E-state index in [1.54, 1.807) is 18.2 Å². The summed E-state index contributed by atoms with van der Waals surface area (Å²) in [7, 11) is 0. The maximum absolute atomic E-state index is 13.8. The standard InChI is InChI=1S/C35H44F3N5/c1-3-5-7-12-23-43(24-13-8-6-4-2)26-32-41-31-25-28(33-30(35(36,37)38)17-14-21-39-33)18-19-29(31)34(42-32)40-22-20-27-15-10-9-11-16-27/h9-11,14-19,21,25H,3-8,12-13,20,22-24,26H2,1-2H3,(H,40,41,42). The van der Waals surface area contributed by atoms with Crippen molar-refractivity contribution < 1.29 is 13.2 Å². The molecular formula is C35H44F3N5. The molecular weight excluding hydrogens is 547 g/mol. The highest BCUT2D eigenvalue weighted by Gasteiger charge is 2.34. The maximum Gasteiger partial charge on any atom is 0.418 e. The fourth-order valence-electron chi connectivity index (χ4n) is 5.36. The molecule has 2 aromatic heterocycles. The zero-order chi connectivity index (χ0) is 30.5. The number of fused-ring (bicyclic) bond motifs is 1. The van der Waals surface area contributed by atoms with Crippen molar-refractivity contribution >= 4 is 16.7 Å². The van der Waals surface area contributed by atoms with Gasteiger partial charge < -0.3 is 5.32 Å². The quantitative estimate of drug-likeness (QED) is 0.124. The van der Waals surface area contributed by atoms with Gasteiger partial charge in [-0.15, -0.1) is 0 Å². The zero-order valence-electron chi connectivity index (χ0n) is 25.5. The summed E-state index contributed by atoms with van der Waals surface area (Å²) in [5.41, 5.74) is 1.37. The number of anilines is 1. The third-order valence-electron chi connectivity index (χ3n) is 7.70. The molecule has 0 unspecified atom stereocenters. The van der Waals surface area contributed by atoms with E-state index in [0.717, 1.165) is 43.8 Å². The highest BCUT2D eigenvalue weighted by Crippen LogP contribution is 2.36. The van der Waals surface area contributed by atoms with Crippen molar-refractivity contribution in [1.82, 2.24) is 19.9 Å². The first-order valence-electron chi connectivity index (χ1n) is 15.7. The van der Waals surface area contributed by atoms with Gasteiger partial charge in [-0.3, -0.25) is 9.88 Å². The highest BCUT2D eigenvalue weighted by molar-refractivity contribution is 5.92. The van der Waals surface area contributed by atoms with Gasteiger partial charge in [0.05, 0.1) is 23.3 Å². The van der Waals surface area contributed by atoms with Crippen LogP contribution in [-0.4, -0.2) is 39.5 Å². The Hall–Kier alpha value is -3.52. The molecule has 0 fully saturated rings. The van der Waals surface area contributed by atoms with Crippen LogP contribution in [-0.2, 0) is 19.1 Å². The lowest BCUT2D eigenvalue weighted by atomic mass is 10.0. The van der Waals surface area contributed by atoms with Gasteiger partial charge in [0.2, 0.25) is 0 Å². The molecule has 4 aromatic rings. The van der Waals surface area contributed by atoms with Gasteiger partial charge in [0.25, 0.3) is 0 Å². The van der Waals surface area contributed by atoms with Crippen molar-refractivity contribution in [2.24, 2.45) is 0 Å². The minimum absolute atomic E-state index is 0.0934. The van der Waals surface area contributed by atoms with Gasteiger partial charge in [-0.25, -0.2) is 9.97 Å². The molecule has 0 atom stereocenters. The van der Waals surface area contributed by atoms with Crippen LogP contribution in [0.2, 0.25) is 0 Å². The first-order chi connectivity index (χ1) is 20.9. The molecule has 2 aromatic carbocycles. The molecule has 0 saturated carbocycles. The van der Waals surface area contributed by atoms with Crippen molar-refractivity contribution in [3.05, 3.63) is 83.8 Å². The molecule has 5 nitrogen and oxygen atoms in total. The predicted molar refractivity (Wildman–Crippen MR) is 170 cm³/mol. The number of alkyl halides is 3. The number of unbranched alkanes of at least 4 members (excludes halogenated alkanes) is 6. The number of nitrogens with one attached hydrogen (secondary N) is 1. The number of aromatic nitrogens is 3. The van der Waals surface area contributed by atoms with E-state index in [2.05, 4.69) is 41.2 Å². The Labute approximate surface area is 254 Å². The summed E-state index contributed by atoms with van der Waals surface area (Å²) in [4.78, 5) is 16.4. The summed E-state index contributed by atoms with van der Waals surface area (Å²) in [5.74, 6) is 1.38. The lowest BCUT2D eigenvalue weighted by Gasteiger charge is -2.22. The minimum Gasteiger partial charge on any atom is -0.369 e. The van der Waals surface area contributed by atoms with Crippen LogP contribution in [0.4, 0.5) is 19.0 Å². The Kier molecular flexibility index (Phi) is 12.3. The summed E-state index contributed by atoms with van der Waals surface area (Å²) in [6.07, 6.45) is 7.19. The number of hydrogen-bond acceptors (Lipinski definition) is 5. The van der Waals surface area contributed by atoms with E-state index in [-0.39, 0.29) is 5.69 Å². The lowest BCUT2D eigenvalue weighted by molar-refractivity contribution is -0.137. The van der Waals surface area contributed by atoms with Gasteiger partial charge in [0.1, 0.15) is 11.6 Å². The van der Waals surface area contributed by atoms with Gasteiger partial charge >= 0.3 is 6.18 Å². The Morgan fingerprint density at radius 2 is 1.51 bits per heavy atom. The lowest BCUT2D eigenvalue weighted by Crippen LogP contribution is -2.27. The van der Waals surface area contributed by atoms with Crippen LogP contribution in [0.3, 0.4) is 0 Å². The SMILES string of the molecule is CCCCCCN(CCCCCC)Cc1nc(NCCc2ccccc2)c2ccc(-c3ncccc3C(F)(F)F)cc2n1. The van der Waals surface area contributed by atoms with Crippen molar-refractivity contribution in [2.45, 2.75) is 84.4 Å². The van der Waals surface area contributed by atoms with Gasteiger partial charge in [-0.2, -0.15) is 13.2 Å². The summed E-state index contributed by atoms with van der Waals surface area (Å²) < 4.78 is 41.5. The number of hydrogen-bond donors (Lipinski definition) is 1. The summed E-state index contributed by atoms with van der Waals surface area (Å²) in [5, 5.41) is 4.28. The number of halogens is 3. The van der Waals surface area contributed by atoms with Gasteiger partial charge in [0, 0.05) is 23.7 Å². The molecule has 0 saturated heterocycles. The molecule has 0 aliphatic carbocycles. The molecule has 230 valence electrons. The van der Waals surface area contributed by atoms with Crippen molar-refractivity contribution in [3.63, 3.8) is 0 Å². The van der Waals surface area contributed by atoms with E-state index < -0.39 is 11.7 Å². The van der Waals surface area contributed by atoms with Crippen LogP contribution in [0.5, 0.6) is 0 Å². The van der Waals surface area contributed by atoms with E-state index >= 15 is 0 Å². The first-order valence-corrected chi connectivity index (χ1v) is 15.7. The molecule has 2 heterocycles. The molecule has 0 aliphatic heterocycles. The summed E-state index contributed by atoms with van der Waals surface area (Å²) >= 11 is 0. The molecule has 43 heavy (non-hydrogen) atoms. The molecule has 4 rings (SSSR count). The Morgan fingerprint density at radius 3 is 2.19 bits per heavy atom. The molecule has 1 N–H and O–H groups in total. The van der Waals surface area contributed by atoms with Crippen LogP contribution in [0.25, 0.3) is 22.2 Å². The van der Waals surface area contributed by atoms with Gasteiger partial charge in [-0.1, -0.05) is 88.8 Å². The molecule has 0 radical (unpaired) electrons. The van der Waals surface area contributed by atoms with E-state index in [4.69, 9.17) is 9.97 Å². The molecule has 0 aliphatic rings. The topological polar surface area (TPSA) is 53.9 Å². The van der Waals surface area contributed by atoms with Crippen LogP contribution in [0, 0.1) is 0 Å². The summed E-state index contributed by atoms with van der Waals surface area (Å²) in [6.45, 7) is 7.67. The van der Waals surface area contributed by atoms with Crippen molar-refractivity contribution in [3.8, 4) is 11.3 Å². The zero-order valence-corrected chi connectivity index (χ0v) is 25.5. The average molecular weight is 592 g/mol. The monoisotopic (exact) mass is 591 g/mol. The largest absolute Gasteiger partial charge is 0.418 e. The highest BCUT2D eigenvalue weighted by atomic mass is 19.4. The average Bonchev–Trinajstić information content (AvgIpc) is 3.01. The number of nitrogens with zero attached hydrogens (tertiary/aromatic N) is 4. The Bertz CT molecular complexity index is 1400. The summed E-state index contributed by atoms with van der Waals surface area (Å²) in [6, 6.07) is 17.8. The first kappa shape index (κ1) is 32.4. The number of benzene rings is 2. The second kappa shape index (κ2) is 16.4. The van der Waals surface area contributed by atoms with Crippen LogP contribution < -0.4 is 5.32 Å². The second-order valence-corrected chi connectivity index (χ2v) is 11.2. The number of pyridine rings is 1. The maximum atomic E-state index is 13.8. The number of rotatable bonds is 17. The Morgan fingerprint density at radius 1 is 0.791 bits per heavy atom. The normalized spacial score (nSPS) is 11.9. The fraction of sp³-hybridized carbons (Fsp3) is 0.457. The minimum atomic E-state index is -4.50. The molecule has 0 bridgehead atoms. The molecule has 8 heteroatoms. The van der Waals surface area contributed by atoms with E-state index in [0.29, 0.717) is 35.8 Å². The van der Waals surface area contributed by atoms with Gasteiger partial charge in [0.15, 0.2) is 0 Å². The second-order valence-electron chi connectivity index (χ2n) is 11.2.